The van der Waals surface area contributed by atoms with E-state index in [2.05, 4.69) is 58.7 Å². The van der Waals surface area contributed by atoms with Gasteiger partial charge in [-0.3, -0.25) is 14.8 Å². The van der Waals surface area contributed by atoms with Gasteiger partial charge in [-0.05, 0) is 49.4 Å². The summed E-state index contributed by atoms with van der Waals surface area (Å²) in [6.07, 6.45) is 5.55. The molecule has 2 N–H and O–H groups in total. The number of guanidine groups is 1. The first-order valence-electron chi connectivity index (χ1n) is 11.4. The number of aromatic nitrogens is 1. The molecule has 31 heavy (non-hydrogen) atoms. The maximum absolute atomic E-state index is 12.6. The van der Waals surface area contributed by atoms with Crippen molar-refractivity contribution in [1.82, 2.24) is 20.5 Å². The third-order valence-electron chi connectivity index (χ3n) is 6.05. The monoisotopic (exact) mass is 421 g/mol. The maximum atomic E-state index is 12.6. The molecule has 166 valence electrons. The number of rotatable bonds is 7. The Morgan fingerprint density at radius 1 is 1.16 bits per heavy atom. The second-order valence-electron chi connectivity index (χ2n) is 8.10. The zero-order chi connectivity index (χ0) is 22.1. The number of hydrogen-bond donors (Lipinski definition) is 2. The van der Waals surface area contributed by atoms with Gasteiger partial charge in [-0.1, -0.05) is 38.1 Å². The van der Waals surface area contributed by atoms with E-state index in [-0.39, 0.29) is 5.92 Å². The van der Waals surface area contributed by atoms with Gasteiger partial charge in [0.25, 0.3) is 0 Å². The highest BCUT2D eigenvalue weighted by molar-refractivity contribution is 5.80. The molecule has 2 heterocycles. The van der Waals surface area contributed by atoms with Gasteiger partial charge < -0.3 is 15.5 Å². The Bertz CT molecular complexity index is 855. The van der Waals surface area contributed by atoms with Gasteiger partial charge in [0.05, 0.1) is 5.69 Å². The molecular weight excluding hydrogens is 386 g/mol. The van der Waals surface area contributed by atoms with Crippen molar-refractivity contribution >= 4 is 11.9 Å². The molecule has 1 saturated heterocycles. The molecule has 0 radical (unpaired) electrons. The van der Waals surface area contributed by atoms with Crippen molar-refractivity contribution in [2.45, 2.75) is 52.1 Å². The first-order chi connectivity index (χ1) is 15.1. The standard InChI is InChI=1S/C25H35N5O/c1-4-20(5-2)24(31)30-15-12-22(13-16-30)29-25(26-3)28-18-19-9-8-10-21(17-19)23-11-6-7-14-27-23/h6-11,14,17,20,22H,4-5,12-13,15-16,18H2,1-3H3,(H2,26,28,29). The molecular formula is C25H35N5O. The van der Waals surface area contributed by atoms with E-state index in [1.165, 1.54) is 5.56 Å². The molecule has 6 nitrogen and oxygen atoms in total. The molecule has 3 rings (SSSR count). The predicted molar refractivity (Wildman–Crippen MR) is 127 cm³/mol. The molecule has 6 heteroatoms. The van der Waals surface area contributed by atoms with E-state index < -0.39 is 0 Å². The molecule has 1 amide bonds. The van der Waals surface area contributed by atoms with Crippen LogP contribution in [0.1, 0.15) is 45.1 Å². The molecule has 0 atom stereocenters. The summed E-state index contributed by atoms with van der Waals surface area (Å²) >= 11 is 0. The average molecular weight is 422 g/mol. The fraction of sp³-hybridized carbons (Fsp3) is 0.480. The highest BCUT2D eigenvalue weighted by Gasteiger charge is 2.26. The van der Waals surface area contributed by atoms with Crippen molar-refractivity contribution in [3.63, 3.8) is 0 Å². The van der Waals surface area contributed by atoms with Crippen molar-refractivity contribution in [2.75, 3.05) is 20.1 Å². The van der Waals surface area contributed by atoms with E-state index in [0.717, 1.165) is 56.0 Å². The first-order valence-corrected chi connectivity index (χ1v) is 11.4. The van der Waals surface area contributed by atoms with Gasteiger partial charge in [0.15, 0.2) is 5.96 Å². The Morgan fingerprint density at radius 3 is 2.58 bits per heavy atom. The topological polar surface area (TPSA) is 69.6 Å². The maximum Gasteiger partial charge on any atom is 0.225 e. The summed E-state index contributed by atoms with van der Waals surface area (Å²) in [6.45, 7) is 6.52. The molecule has 1 aliphatic rings. The molecule has 1 aliphatic heterocycles. The summed E-state index contributed by atoms with van der Waals surface area (Å²) < 4.78 is 0. The molecule has 0 unspecified atom stereocenters. The van der Waals surface area contributed by atoms with Gasteiger partial charge in [0, 0.05) is 50.4 Å². The van der Waals surface area contributed by atoms with Crippen LogP contribution in [-0.2, 0) is 11.3 Å². The second-order valence-corrected chi connectivity index (χ2v) is 8.10. The van der Waals surface area contributed by atoms with Crippen LogP contribution >= 0.6 is 0 Å². The number of carbonyl (C=O) groups excluding carboxylic acids is 1. The van der Waals surface area contributed by atoms with E-state index in [1.54, 1.807) is 7.05 Å². The predicted octanol–water partition coefficient (Wildman–Crippen LogP) is 3.84. The molecule has 0 saturated carbocycles. The number of benzene rings is 1. The number of carbonyl (C=O) groups is 1. The largest absolute Gasteiger partial charge is 0.354 e. The Kier molecular flexibility index (Phi) is 8.44. The van der Waals surface area contributed by atoms with Crippen LogP contribution in [0.15, 0.2) is 53.7 Å². The first kappa shape index (κ1) is 22.8. The minimum Gasteiger partial charge on any atom is -0.354 e. The lowest BCUT2D eigenvalue weighted by atomic mass is 9.98. The highest BCUT2D eigenvalue weighted by atomic mass is 16.2. The Hall–Kier alpha value is -2.89. The lowest BCUT2D eigenvalue weighted by molar-refractivity contribution is -0.136. The van der Waals surface area contributed by atoms with Crippen LogP contribution in [0, 0.1) is 5.92 Å². The number of nitrogens with one attached hydrogen (secondary N) is 2. The highest BCUT2D eigenvalue weighted by Crippen LogP contribution is 2.19. The smallest absolute Gasteiger partial charge is 0.225 e. The lowest BCUT2D eigenvalue weighted by Gasteiger charge is -2.34. The Labute approximate surface area is 186 Å². The SMILES string of the molecule is CCC(CC)C(=O)N1CCC(NC(=NC)NCc2cccc(-c3ccccn3)c2)CC1. The quantitative estimate of drug-likeness (QED) is 0.526. The molecule has 0 spiro atoms. The van der Waals surface area contributed by atoms with Gasteiger partial charge in [-0.2, -0.15) is 0 Å². The fourth-order valence-electron chi connectivity index (χ4n) is 4.09. The number of aliphatic imine (C=N–C) groups is 1. The number of pyridine rings is 1. The van der Waals surface area contributed by atoms with Gasteiger partial charge in [-0.15, -0.1) is 0 Å². The minimum atomic E-state index is 0.167. The summed E-state index contributed by atoms with van der Waals surface area (Å²) in [5.74, 6) is 1.28. The summed E-state index contributed by atoms with van der Waals surface area (Å²) in [6, 6.07) is 14.7. The van der Waals surface area contributed by atoms with Crippen molar-refractivity contribution < 1.29 is 4.79 Å². The lowest BCUT2D eigenvalue weighted by Crippen LogP contribution is -2.50. The number of hydrogen-bond acceptors (Lipinski definition) is 3. The van der Waals surface area contributed by atoms with E-state index in [0.29, 0.717) is 18.5 Å². The molecule has 1 aromatic carbocycles. The number of likely N-dealkylation sites (tertiary alicyclic amines) is 1. The summed E-state index contributed by atoms with van der Waals surface area (Å²) in [5.41, 5.74) is 3.26. The van der Waals surface area contributed by atoms with Gasteiger partial charge >= 0.3 is 0 Å². The molecule has 2 aromatic rings. The van der Waals surface area contributed by atoms with E-state index in [4.69, 9.17) is 0 Å². The number of nitrogens with zero attached hydrogens (tertiary/aromatic N) is 3. The van der Waals surface area contributed by atoms with Crippen molar-refractivity contribution in [2.24, 2.45) is 10.9 Å². The second kappa shape index (κ2) is 11.5. The van der Waals surface area contributed by atoms with Gasteiger partial charge in [0.1, 0.15) is 0 Å². The van der Waals surface area contributed by atoms with E-state index >= 15 is 0 Å². The number of amides is 1. The van der Waals surface area contributed by atoms with Crippen molar-refractivity contribution in [3.8, 4) is 11.3 Å². The molecule has 1 fully saturated rings. The van der Waals surface area contributed by atoms with Crippen LogP contribution in [0.3, 0.4) is 0 Å². The van der Waals surface area contributed by atoms with Crippen LogP contribution in [0.25, 0.3) is 11.3 Å². The summed E-state index contributed by atoms with van der Waals surface area (Å²) in [4.78, 5) is 23.5. The molecule has 1 aromatic heterocycles. The summed E-state index contributed by atoms with van der Waals surface area (Å²) in [5, 5.41) is 6.95. The van der Waals surface area contributed by atoms with E-state index in [1.807, 2.05) is 29.3 Å². The van der Waals surface area contributed by atoms with Crippen molar-refractivity contribution in [1.29, 1.82) is 0 Å². The van der Waals surface area contributed by atoms with Crippen LogP contribution < -0.4 is 10.6 Å². The minimum absolute atomic E-state index is 0.167. The zero-order valence-electron chi connectivity index (χ0n) is 19.0. The zero-order valence-corrected chi connectivity index (χ0v) is 19.0. The van der Waals surface area contributed by atoms with Crippen LogP contribution in [0.4, 0.5) is 0 Å². The third kappa shape index (κ3) is 6.29. The van der Waals surface area contributed by atoms with Gasteiger partial charge in [0.2, 0.25) is 5.91 Å². The van der Waals surface area contributed by atoms with E-state index in [9.17, 15) is 4.79 Å². The number of piperidine rings is 1. The van der Waals surface area contributed by atoms with Crippen LogP contribution in [-0.4, -0.2) is 47.9 Å². The van der Waals surface area contributed by atoms with Gasteiger partial charge in [-0.25, -0.2) is 0 Å². The van der Waals surface area contributed by atoms with Crippen LogP contribution in [0.5, 0.6) is 0 Å². The summed E-state index contributed by atoms with van der Waals surface area (Å²) in [7, 11) is 1.80. The third-order valence-corrected chi connectivity index (χ3v) is 6.05. The normalized spacial score (nSPS) is 15.2. The Balaban J connectivity index is 1.49. The Morgan fingerprint density at radius 2 is 1.94 bits per heavy atom. The van der Waals surface area contributed by atoms with Crippen molar-refractivity contribution in [3.05, 3.63) is 54.2 Å². The van der Waals surface area contributed by atoms with Crippen LogP contribution in [0.2, 0.25) is 0 Å². The molecule has 0 aliphatic carbocycles. The molecule has 0 bridgehead atoms. The average Bonchev–Trinajstić information content (AvgIpc) is 2.83. The fourth-order valence-corrected chi connectivity index (χ4v) is 4.09.